The van der Waals surface area contributed by atoms with Crippen LogP contribution < -0.4 is 5.32 Å². The lowest BCUT2D eigenvalue weighted by molar-refractivity contribution is -0.144. The second-order valence-corrected chi connectivity index (χ2v) is 6.66. The van der Waals surface area contributed by atoms with E-state index in [1.165, 1.54) is 5.57 Å². The van der Waals surface area contributed by atoms with Crippen LogP contribution in [0.15, 0.2) is 11.6 Å². The number of rotatable bonds is 7. The van der Waals surface area contributed by atoms with Crippen LogP contribution in [0, 0.1) is 5.41 Å². The van der Waals surface area contributed by atoms with Gasteiger partial charge in [-0.15, -0.1) is 0 Å². The van der Waals surface area contributed by atoms with Gasteiger partial charge in [0.15, 0.2) is 0 Å². The van der Waals surface area contributed by atoms with Crippen LogP contribution in [0.25, 0.3) is 0 Å². The van der Waals surface area contributed by atoms with E-state index in [0.717, 1.165) is 25.7 Å². The van der Waals surface area contributed by atoms with Crippen LogP contribution in [-0.4, -0.2) is 51.6 Å². The number of methoxy groups -OCH3 is 1. The number of carbonyl (C=O) groups excluding carboxylic acids is 1. The van der Waals surface area contributed by atoms with E-state index in [1.54, 1.807) is 7.11 Å². The molecule has 1 saturated heterocycles. The number of hydrogen-bond donors (Lipinski definition) is 1. The van der Waals surface area contributed by atoms with Crippen molar-refractivity contribution in [3.05, 3.63) is 11.6 Å². The molecular formula is C17H29NO4. The Kier molecular flexibility index (Phi) is 6.41. The van der Waals surface area contributed by atoms with Crippen LogP contribution in [0.3, 0.4) is 0 Å². The van der Waals surface area contributed by atoms with Crippen molar-refractivity contribution in [2.75, 3.05) is 33.5 Å². The summed E-state index contributed by atoms with van der Waals surface area (Å²) < 4.78 is 16.7. The highest BCUT2D eigenvalue weighted by Crippen LogP contribution is 2.41. The SMILES string of the molecule is COCC1(C(=O)N[C@@H]2COCC[C@@H]2OCC=C(C)C)CCC1. The van der Waals surface area contributed by atoms with Crippen LogP contribution in [-0.2, 0) is 19.0 Å². The molecule has 0 aromatic carbocycles. The molecule has 0 aromatic rings. The van der Waals surface area contributed by atoms with Crippen molar-refractivity contribution in [1.82, 2.24) is 5.32 Å². The first-order valence-electron chi connectivity index (χ1n) is 8.20. The number of carbonyl (C=O) groups is 1. The van der Waals surface area contributed by atoms with Crippen LogP contribution in [0.1, 0.15) is 39.5 Å². The molecule has 1 saturated carbocycles. The molecule has 0 bridgehead atoms. The molecule has 2 aliphatic rings. The Hall–Kier alpha value is -0.910. The maximum Gasteiger partial charge on any atom is 0.228 e. The van der Waals surface area contributed by atoms with Gasteiger partial charge in [0.1, 0.15) is 0 Å². The van der Waals surface area contributed by atoms with Gasteiger partial charge in [-0.2, -0.15) is 0 Å². The highest BCUT2D eigenvalue weighted by atomic mass is 16.5. The van der Waals surface area contributed by atoms with Gasteiger partial charge in [-0.3, -0.25) is 4.79 Å². The standard InChI is InChI=1S/C17H29NO4/c1-13(2)5-10-22-15-6-9-21-11-14(15)18-16(19)17(12-20-3)7-4-8-17/h5,14-15H,4,6-12H2,1-3H3,(H,18,19)/t14-,15+/m1/s1. The zero-order chi connectivity index (χ0) is 16.0. The number of hydrogen-bond acceptors (Lipinski definition) is 4. The largest absolute Gasteiger partial charge is 0.384 e. The summed E-state index contributed by atoms with van der Waals surface area (Å²) in [6, 6.07) is -0.0684. The molecule has 2 atom stereocenters. The maximum atomic E-state index is 12.6. The van der Waals surface area contributed by atoms with Crippen molar-refractivity contribution in [2.45, 2.75) is 51.7 Å². The van der Waals surface area contributed by atoms with E-state index in [-0.39, 0.29) is 23.5 Å². The van der Waals surface area contributed by atoms with Gasteiger partial charge in [0.2, 0.25) is 5.91 Å². The molecule has 1 N–H and O–H groups in total. The molecule has 0 spiro atoms. The Bertz CT molecular complexity index is 399. The van der Waals surface area contributed by atoms with Gasteiger partial charge in [0, 0.05) is 13.7 Å². The molecule has 126 valence electrons. The molecule has 5 nitrogen and oxygen atoms in total. The zero-order valence-corrected chi connectivity index (χ0v) is 14.0. The highest BCUT2D eigenvalue weighted by Gasteiger charge is 2.45. The third-order valence-corrected chi connectivity index (χ3v) is 4.62. The minimum Gasteiger partial charge on any atom is -0.384 e. The van der Waals surface area contributed by atoms with Gasteiger partial charge >= 0.3 is 0 Å². The summed E-state index contributed by atoms with van der Waals surface area (Å²) in [4.78, 5) is 12.6. The molecule has 0 radical (unpaired) electrons. The van der Waals surface area contributed by atoms with Crippen molar-refractivity contribution >= 4 is 5.91 Å². The smallest absolute Gasteiger partial charge is 0.228 e. The minimum absolute atomic E-state index is 0.0213. The first kappa shape index (κ1) is 17.4. The van der Waals surface area contributed by atoms with Gasteiger partial charge in [-0.1, -0.05) is 18.1 Å². The molecule has 2 rings (SSSR count). The van der Waals surface area contributed by atoms with Crippen LogP contribution >= 0.6 is 0 Å². The second-order valence-electron chi connectivity index (χ2n) is 6.66. The molecule has 0 aromatic heterocycles. The third kappa shape index (κ3) is 4.31. The quantitative estimate of drug-likeness (QED) is 0.731. The van der Waals surface area contributed by atoms with Gasteiger partial charge in [0.25, 0.3) is 0 Å². The molecule has 0 unspecified atom stereocenters. The average Bonchev–Trinajstić information content (AvgIpc) is 2.44. The number of allylic oxidation sites excluding steroid dienone is 1. The fraction of sp³-hybridized carbons (Fsp3) is 0.824. The highest BCUT2D eigenvalue weighted by molar-refractivity contribution is 5.84. The van der Waals surface area contributed by atoms with Crippen LogP contribution in [0.5, 0.6) is 0 Å². The van der Waals surface area contributed by atoms with Crippen molar-refractivity contribution in [3.8, 4) is 0 Å². The zero-order valence-electron chi connectivity index (χ0n) is 14.0. The topological polar surface area (TPSA) is 56.8 Å². The summed E-state index contributed by atoms with van der Waals surface area (Å²) in [7, 11) is 1.66. The summed E-state index contributed by atoms with van der Waals surface area (Å²) in [6.07, 6.45) is 5.81. The molecule has 2 fully saturated rings. The molecule has 1 aliphatic heterocycles. The predicted octanol–water partition coefficient (Wildman–Crippen LogP) is 2.06. The maximum absolute atomic E-state index is 12.6. The predicted molar refractivity (Wildman–Crippen MR) is 84.7 cm³/mol. The fourth-order valence-electron chi connectivity index (χ4n) is 3.03. The van der Waals surface area contributed by atoms with E-state index in [1.807, 2.05) is 0 Å². The van der Waals surface area contributed by atoms with Gasteiger partial charge in [-0.25, -0.2) is 0 Å². The number of ether oxygens (including phenoxy) is 3. The van der Waals surface area contributed by atoms with Gasteiger partial charge < -0.3 is 19.5 Å². The lowest BCUT2D eigenvalue weighted by Gasteiger charge is -2.42. The second kappa shape index (κ2) is 8.09. The van der Waals surface area contributed by atoms with E-state index in [9.17, 15) is 4.79 Å². The Labute approximate surface area is 133 Å². The van der Waals surface area contributed by atoms with Crippen molar-refractivity contribution in [3.63, 3.8) is 0 Å². The monoisotopic (exact) mass is 311 g/mol. The minimum atomic E-state index is -0.337. The lowest BCUT2D eigenvalue weighted by atomic mass is 9.68. The lowest BCUT2D eigenvalue weighted by Crippen LogP contribution is -2.57. The molecule has 1 amide bonds. The van der Waals surface area contributed by atoms with Crippen LogP contribution in [0.4, 0.5) is 0 Å². The van der Waals surface area contributed by atoms with E-state index < -0.39 is 0 Å². The van der Waals surface area contributed by atoms with E-state index in [4.69, 9.17) is 14.2 Å². The summed E-state index contributed by atoms with van der Waals surface area (Å²) in [6.45, 7) is 6.40. The first-order valence-corrected chi connectivity index (χ1v) is 8.20. The molecule has 1 heterocycles. The van der Waals surface area contributed by atoms with Gasteiger partial charge in [-0.05, 0) is 33.1 Å². The molecule has 1 aliphatic carbocycles. The Morgan fingerprint density at radius 1 is 1.41 bits per heavy atom. The molecule has 22 heavy (non-hydrogen) atoms. The molecular weight excluding hydrogens is 282 g/mol. The Morgan fingerprint density at radius 2 is 2.18 bits per heavy atom. The summed E-state index contributed by atoms with van der Waals surface area (Å²) in [5.74, 6) is 0.0897. The summed E-state index contributed by atoms with van der Waals surface area (Å²) in [5.41, 5.74) is 0.901. The van der Waals surface area contributed by atoms with Crippen molar-refractivity contribution in [2.24, 2.45) is 5.41 Å². The van der Waals surface area contributed by atoms with Crippen molar-refractivity contribution < 1.29 is 19.0 Å². The summed E-state index contributed by atoms with van der Waals surface area (Å²) in [5, 5.41) is 3.15. The van der Waals surface area contributed by atoms with E-state index in [0.29, 0.717) is 26.4 Å². The first-order chi connectivity index (χ1) is 10.6. The third-order valence-electron chi connectivity index (χ3n) is 4.62. The number of nitrogens with one attached hydrogen (secondary N) is 1. The Morgan fingerprint density at radius 3 is 2.77 bits per heavy atom. The van der Waals surface area contributed by atoms with Crippen LogP contribution in [0.2, 0.25) is 0 Å². The Balaban J connectivity index is 1.90. The molecule has 5 heteroatoms. The van der Waals surface area contributed by atoms with E-state index in [2.05, 4.69) is 25.2 Å². The average molecular weight is 311 g/mol. The van der Waals surface area contributed by atoms with Crippen molar-refractivity contribution in [1.29, 1.82) is 0 Å². The number of amides is 1. The van der Waals surface area contributed by atoms with E-state index >= 15 is 0 Å². The summed E-state index contributed by atoms with van der Waals surface area (Å²) >= 11 is 0. The van der Waals surface area contributed by atoms with Gasteiger partial charge in [0.05, 0.1) is 37.4 Å². The normalized spacial score (nSPS) is 26.9. The fourth-order valence-corrected chi connectivity index (χ4v) is 3.03.